The van der Waals surface area contributed by atoms with Crippen molar-refractivity contribution >= 4 is 33.4 Å². The summed E-state index contributed by atoms with van der Waals surface area (Å²) in [7, 11) is 1.51. The molecule has 0 atom stereocenters. The molecule has 0 aliphatic carbocycles. The van der Waals surface area contributed by atoms with Gasteiger partial charge in [0, 0.05) is 10.5 Å². The van der Waals surface area contributed by atoms with Crippen molar-refractivity contribution in [2.45, 2.75) is 0 Å². The van der Waals surface area contributed by atoms with Gasteiger partial charge in [-0.05, 0) is 34.1 Å². The number of hydrogen-bond acceptors (Lipinski definition) is 4. The van der Waals surface area contributed by atoms with E-state index in [0.29, 0.717) is 21.6 Å². The third-order valence-corrected chi connectivity index (χ3v) is 3.45. The summed E-state index contributed by atoms with van der Waals surface area (Å²) < 4.78 is 5.60. The minimum atomic E-state index is -0.340. The fourth-order valence-electron chi connectivity index (χ4n) is 1.68. The zero-order chi connectivity index (χ0) is 15.9. The highest BCUT2D eigenvalue weighted by Crippen LogP contribution is 2.15. The number of hydrogen-bond donors (Lipinski definition) is 2. The number of anilines is 1. The lowest BCUT2D eigenvalue weighted by molar-refractivity contribution is -0.115. The molecule has 0 bridgehead atoms. The molecule has 22 heavy (non-hydrogen) atoms. The Morgan fingerprint density at radius 1 is 1.23 bits per heavy atom. The molecule has 0 radical (unpaired) electrons. The highest BCUT2D eigenvalue weighted by molar-refractivity contribution is 9.10. The van der Waals surface area contributed by atoms with E-state index in [1.54, 1.807) is 30.3 Å². The highest BCUT2D eigenvalue weighted by atomic mass is 79.9. The number of rotatable bonds is 5. The van der Waals surface area contributed by atoms with E-state index < -0.39 is 0 Å². The Morgan fingerprint density at radius 3 is 2.64 bits per heavy atom. The number of ether oxygens (including phenoxy) is 1. The summed E-state index contributed by atoms with van der Waals surface area (Å²) in [5, 5.41) is 5.19. The van der Waals surface area contributed by atoms with Crippen LogP contribution in [-0.2, 0) is 4.79 Å². The minimum Gasteiger partial charge on any atom is -0.481 e. The Kier molecular flexibility index (Phi) is 5.48. The first kappa shape index (κ1) is 16.0. The van der Waals surface area contributed by atoms with E-state index in [1.807, 2.05) is 6.07 Å². The molecule has 1 heterocycles. The summed E-state index contributed by atoms with van der Waals surface area (Å²) in [6.07, 6.45) is 1.48. The molecule has 2 aromatic rings. The third kappa shape index (κ3) is 4.29. The second-order valence-corrected chi connectivity index (χ2v) is 5.15. The number of benzene rings is 1. The zero-order valence-electron chi connectivity index (χ0n) is 11.8. The zero-order valence-corrected chi connectivity index (χ0v) is 13.4. The van der Waals surface area contributed by atoms with Gasteiger partial charge < -0.3 is 15.4 Å². The molecule has 2 N–H and O–H groups in total. The Morgan fingerprint density at radius 2 is 2.00 bits per heavy atom. The van der Waals surface area contributed by atoms with E-state index in [-0.39, 0.29) is 18.4 Å². The van der Waals surface area contributed by atoms with Gasteiger partial charge >= 0.3 is 0 Å². The van der Waals surface area contributed by atoms with Crippen LogP contribution in [0.25, 0.3) is 0 Å². The molecule has 7 heteroatoms. The lowest BCUT2D eigenvalue weighted by atomic mass is 10.2. The van der Waals surface area contributed by atoms with Gasteiger partial charge in [0.2, 0.25) is 11.8 Å². The van der Waals surface area contributed by atoms with Crippen LogP contribution < -0.4 is 15.4 Å². The number of aromatic nitrogens is 1. The molecule has 0 aliphatic rings. The van der Waals surface area contributed by atoms with E-state index in [9.17, 15) is 9.59 Å². The second kappa shape index (κ2) is 7.56. The summed E-state index contributed by atoms with van der Waals surface area (Å²) in [5.41, 5.74) is 1.00. The summed E-state index contributed by atoms with van der Waals surface area (Å²) in [6.45, 7) is -0.133. The van der Waals surface area contributed by atoms with Crippen LogP contribution in [-0.4, -0.2) is 30.5 Å². The first-order chi connectivity index (χ1) is 10.6. The Balaban J connectivity index is 1.87. The second-order valence-electron chi connectivity index (χ2n) is 4.30. The maximum Gasteiger partial charge on any atom is 0.252 e. The number of nitrogens with zero attached hydrogens (tertiary/aromatic N) is 1. The van der Waals surface area contributed by atoms with Crippen molar-refractivity contribution < 1.29 is 14.3 Å². The molecule has 1 aromatic heterocycles. The van der Waals surface area contributed by atoms with Crippen molar-refractivity contribution in [3.8, 4) is 5.88 Å². The first-order valence-electron chi connectivity index (χ1n) is 6.43. The third-order valence-electron chi connectivity index (χ3n) is 2.76. The van der Waals surface area contributed by atoms with E-state index in [2.05, 4.69) is 31.5 Å². The molecular formula is C15H14BrN3O3. The molecular weight excluding hydrogens is 350 g/mol. The van der Waals surface area contributed by atoms with E-state index >= 15 is 0 Å². The maximum atomic E-state index is 12.0. The van der Waals surface area contributed by atoms with Crippen LogP contribution in [0.2, 0.25) is 0 Å². The average Bonchev–Trinajstić information content (AvgIpc) is 2.54. The predicted octanol–water partition coefficient (Wildman–Crippen LogP) is 2.22. The Bertz CT molecular complexity index is 674. The van der Waals surface area contributed by atoms with Crippen LogP contribution in [0.1, 0.15) is 10.4 Å². The largest absolute Gasteiger partial charge is 0.481 e. The van der Waals surface area contributed by atoms with Crippen LogP contribution >= 0.6 is 15.9 Å². The lowest BCUT2D eigenvalue weighted by Crippen LogP contribution is -2.33. The van der Waals surface area contributed by atoms with Gasteiger partial charge in [-0.2, -0.15) is 0 Å². The standard InChI is InChI=1S/C15H14BrN3O3/c1-22-14-7-6-10(8-17-14)19-13(20)9-18-15(21)11-4-2-3-5-12(11)16/h2-8H,9H2,1H3,(H,18,21)(H,19,20). The molecule has 1 aromatic carbocycles. The average molecular weight is 364 g/mol. The molecule has 0 saturated carbocycles. The minimum absolute atomic E-state index is 0.133. The van der Waals surface area contributed by atoms with Gasteiger partial charge in [0.1, 0.15) is 0 Å². The van der Waals surface area contributed by atoms with Gasteiger partial charge in [0.05, 0.1) is 31.1 Å². The molecule has 2 amide bonds. The smallest absolute Gasteiger partial charge is 0.252 e. The van der Waals surface area contributed by atoms with Crippen molar-refractivity contribution in [1.29, 1.82) is 0 Å². The molecule has 2 rings (SSSR count). The fourth-order valence-corrected chi connectivity index (χ4v) is 2.15. The number of nitrogens with one attached hydrogen (secondary N) is 2. The van der Waals surface area contributed by atoms with Gasteiger partial charge in [-0.25, -0.2) is 4.98 Å². The quantitative estimate of drug-likeness (QED) is 0.853. The SMILES string of the molecule is COc1ccc(NC(=O)CNC(=O)c2ccccc2Br)cn1. The van der Waals surface area contributed by atoms with Crippen LogP contribution in [0.3, 0.4) is 0 Å². The number of methoxy groups -OCH3 is 1. The van der Waals surface area contributed by atoms with Gasteiger partial charge in [-0.15, -0.1) is 0 Å². The monoisotopic (exact) mass is 363 g/mol. The first-order valence-corrected chi connectivity index (χ1v) is 7.22. The van der Waals surface area contributed by atoms with Crippen molar-refractivity contribution in [2.24, 2.45) is 0 Å². The van der Waals surface area contributed by atoms with Gasteiger partial charge in [0.25, 0.3) is 5.91 Å². The van der Waals surface area contributed by atoms with Crippen LogP contribution in [0, 0.1) is 0 Å². The molecule has 114 valence electrons. The molecule has 6 nitrogen and oxygen atoms in total. The molecule has 0 fully saturated rings. The van der Waals surface area contributed by atoms with Gasteiger partial charge in [0.15, 0.2) is 0 Å². The molecule has 0 aliphatic heterocycles. The summed E-state index contributed by atoms with van der Waals surface area (Å²) >= 11 is 3.29. The Hall–Kier alpha value is -2.41. The summed E-state index contributed by atoms with van der Waals surface area (Å²) in [6, 6.07) is 10.3. The van der Waals surface area contributed by atoms with Gasteiger partial charge in [-0.3, -0.25) is 9.59 Å². The van der Waals surface area contributed by atoms with Crippen molar-refractivity contribution in [2.75, 3.05) is 19.0 Å². The van der Waals surface area contributed by atoms with E-state index in [4.69, 9.17) is 4.74 Å². The lowest BCUT2D eigenvalue weighted by Gasteiger charge is -2.08. The molecule has 0 spiro atoms. The summed E-state index contributed by atoms with van der Waals surface area (Å²) in [4.78, 5) is 27.7. The molecule has 0 unspecified atom stereocenters. The van der Waals surface area contributed by atoms with E-state index in [1.165, 1.54) is 13.3 Å². The summed E-state index contributed by atoms with van der Waals surface area (Å²) in [5.74, 6) is -0.205. The fraction of sp³-hybridized carbons (Fsp3) is 0.133. The topological polar surface area (TPSA) is 80.3 Å². The highest BCUT2D eigenvalue weighted by Gasteiger charge is 2.10. The predicted molar refractivity (Wildman–Crippen MR) is 85.9 cm³/mol. The van der Waals surface area contributed by atoms with Gasteiger partial charge in [-0.1, -0.05) is 12.1 Å². The van der Waals surface area contributed by atoms with Crippen molar-refractivity contribution in [3.63, 3.8) is 0 Å². The normalized spacial score (nSPS) is 9.91. The van der Waals surface area contributed by atoms with E-state index in [0.717, 1.165) is 0 Å². The Labute approximate surface area is 136 Å². The maximum absolute atomic E-state index is 12.0. The number of amides is 2. The number of halogens is 1. The number of carbonyl (C=O) groups is 2. The van der Waals surface area contributed by atoms with Crippen molar-refractivity contribution in [1.82, 2.24) is 10.3 Å². The van der Waals surface area contributed by atoms with Crippen LogP contribution in [0.5, 0.6) is 5.88 Å². The van der Waals surface area contributed by atoms with Crippen LogP contribution in [0.15, 0.2) is 47.1 Å². The van der Waals surface area contributed by atoms with Crippen molar-refractivity contribution in [3.05, 3.63) is 52.6 Å². The number of pyridine rings is 1. The number of carbonyl (C=O) groups excluding carboxylic acids is 2. The van der Waals surface area contributed by atoms with Crippen LogP contribution in [0.4, 0.5) is 5.69 Å². The molecule has 0 saturated heterocycles.